The summed E-state index contributed by atoms with van der Waals surface area (Å²) in [5, 5.41) is 7.97. The van der Waals surface area contributed by atoms with Crippen molar-refractivity contribution in [2.45, 2.75) is 33.1 Å². The summed E-state index contributed by atoms with van der Waals surface area (Å²) in [5.41, 5.74) is 3.55. The average molecular weight is 364 g/mol. The molecular formula is C20H24N6O. The van der Waals surface area contributed by atoms with Crippen molar-refractivity contribution in [1.82, 2.24) is 24.6 Å². The first kappa shape index (κ1) is 17.5. The molecule has 3 aromatic rings. The minimum absolute atomic E-state index is 0.648. The van der Waals surface area contributed by atoms with Gasteiger partial charge in [-0.2, -0.15) is 5.10 Å². The van der Waals surface area contributed by atoms with Crippen molar-refractivity contribution < 1.29 is 4.74 Å². The zero-order valence-corrected chi connectivity index (χ0v) is 15.5. The third kappa shape index (κ3) is 4.43. The molecule has 0 amide bonds. The van der Waals surface area contributed by atoms with Crippen LogP contribution < -0.4 is 10.1 Å². The fourth-order valence-corrected chi connectivity index (χ4v) is 3.33. The van der Waals surface area contributed by atoms with Crippen LogP contribution in [0.25, 0.3) is 0 Å². The van der Waals surface area contributed by atoms with E-state index in [-0.39, 0.29) is 0 Å². The molecule has 1 aliphatic heterocycles. The Morgan fingerprint density at radius 1 is 1.19 bits per heavy atom. The molecule has 0 saturated carbocycles. The van der Waals surface area contributed by atoms with Gasteiger partial charge in [0.05, 0.1) is 37.3 Å². The molecule has 140 valence electrons. The Morgan fingerprint density at radius 3 is 3.00 bits per heavy atom. The summed E-state index contributed by atoms with van der Waals surface area (Å²) >= 11 is 0. The zero-order valence-electron chi connectivity index (χ0n) is 15.5. The molecule has 0 saturated heterocycles. The van der Waals surface area contributed by atoms with E-state index in [1.807, 2.05) is 13.0 Å². The molecule has 0 bridgehead atoms. The lowest BCUT2D eigenvalue weighted by molar-refractivity contribution is 0.205. The summed E-state index contributed by atoms with van der Waals surface area (Å²) in [6.45, 7) is 7.06. The summed E-state index contributed by atoms with van der Waals surface area (Å²) in [6, 6.07) is 10.5. The van der Waals surface area contributed by atoms with E-state index in [2.05, 4.69) is 49.1 Å². The minimum Gasteiger partial charge on any atom is -0.494 e. The molecule has 1 N–H and O–H groups in total. The van der Waals surface area contributed by atoms with Crippen molar-refractivity contribution in [1.29, 1.82) is 0 Å². The number of aromatic nitrogens is 4. The number of anilines is 1. The van der Waals surface area contributed by atoms with Crippen LogP contribution in [0, 0.1) is 0 Å². The largest absolute Gasteiger partial charge is 0.494 e. The molecule has 0 aliphatic carbocycles. The summed E-state index contributed by atoms with van der Waals surface area (Å²) < 4.78 is 7.72. The van der Waals surface area contributed by atoms with Crippen molar-refractivity contribution >= 4 is 5.82 Å². The van der Waals surface area contributed by atoms with E-state index < -0.39 is 0 Å². The van der Waals surface area contributed by atoms with Crippen LogP contribution in [0.1, 0.15) is 23.9 Å². The van der Waals surface area contributed by atoms with Gasteiger partial charge < -0.3 is 10.1 Å². The van der Waals surface area contributed by atoms with Crippen LogP contribution in [0.2, 0.25) is 0 Å². The van der Waals surface area contributed by atoms with Gasteiger partial charge in [0.1, 0.15) is 11.6 Å². The van der Waals surface area contributed by atoms with Crippen LogP contribution in [0.3, 0.4) is 0 Å². The van der Waals surface area contributed by atoms with E-state index >= 15 is 0 Å². The molecule has 0 unspecified atom stereocenters. The lowest BCUT2D eigenvalue weighted by atomic mass is 10.2. The number of nitrogens with one attached hydrogen (secondary N) is 1. The van der Waals surface area contributed by atoms with E-state index in [0.717, 1.165) is 43.4 Å². The second-order valence-electron chi connectivity index (χ2n) is 6.59. The van der Waals surface area contributed by atoms with Gasteiger partial charge in [0.2, 0.25) is 0 Å². The third-order valence-electron chi connectivity index (χ3n) is 4.56. The van der Waals surface area contributed by atoms with Gasteiger partial charge in [0.25, 0.3) is 0 Å². The number of ether oxygens (including phenoxy) is 1. The Bertz CT molecular complexity index is 879. The highest BCUT2D eigenvalue weighted by Crippen LogP contribution is 2.19. The highest BCUT2D eigenvalue weighted by Gasteiger charge is 2.18. The SMILES string of the molecule is CCOc1cccc(CN2CCn3nc(CNc4cnccn4)cc3C2)c1. The van der Waals surface area contributed by atoms with Crippen molar-refractivity contribution in [3.05, 3.63) is 65.9 Å². The number of benzene rings is 1. The number of nitrogens with zero attached hydrogens (tertiary/aromatic N) is 5. The third-order valence-corrected chi connectivity index (χ3v) is 4.56. The maximum atomic E-state index is 5.61. The standard InChI is InChI=1S/C20H24N6O/c1-2-27-19-5-3-4-16(10-19)14-25-8-9-26-18(15-25)11-17(24-26)12-23-20-13-21-6-7-22-20/h3-7,10-11,13H,2,8-9,12,14-15H2,1H3,(H,22,23). The quantitative estimate of drug-likeness (QED) is 0.695. The monoisotopic (exact) mass is 364 g/mol. The fraction of sp³-hybridized carbons (Fsp3) is 0.350. The topological polar surface area (TPSA) is 68.1 Å². The molecule has 0 spiro atoms. The number of rotatable bonds is 7. The van der Waals surface area contributed by atoms with E-state index in [4.69, 9.17) is 9.84 Å². The van der Waals surface area contributed by atoms with Crippen LogP contribution in [-0.2, 0) is 26.2 Å². The molecule has 7 nitrogen and oxygen atoms in total. The van der Waals surface area contributed by atoms with Crippen LogP contribution in [0.5, 0.6) is 5.75 Å². The van der Waals surface area contributed by atoms with Crippen LogP contribution in [0.4, 0.5) is 5.82 Å². The highest BCUT2D eigenvalue weighted by atomic mass is 16.5. The normalized spacial score (nSPS) is 14.0. The first-order valence-corrected chi connectivity index (χ1v) is 9.30. The molecule has 0 radical (unpaired) electrons. The minimum atomic E-state index is 0.648. The molecule has 2 aromatic heterocycles. The van der Waals surface area contributed by atoms with Gasteiger partial charge in [-0.1, -0.05) is 12.1 Å². The first-order valence-electron chi connectivity index (χ1n) is 9.30. The predicted octanol–water partition coefficient (Wildman–Crippen LogP) is 2.70. The Hall–Kier alpha value is -2.93. The summed E-state index contributed by atoms with van der Waals surface area (Å²) in [5.74, 6) is 1.70. The molecular weight excluding hydrogens is 340 g/mol. The molecule has 3 heterocycles. The van der Waals surface area contributed by atoms with Gasteiger partial charge in [-0.15, -0.1) is 0 Å². The lowest BCUT2D eigenvalue weighted by Gasteiger charge is -2.27. The van der Waals surface area contributed by atoms with Crippen LogP contribution >= 0.6 is 0 Å². The van der Waals surface area contributed by atoms with Gasteiger partial charge in [-0.05, 0) is 30.7 Å². The van der Waals surface area contributed by atoms with E-state index in [1.54, 1.807) is 18.6 Å². The smallest absolute Gasteiger partial charge is 0.144 e. The maximum Gasteiger partial charge on any atom is 0.144 e. The van der Waals surface area contributed by atoms with E-state index in [1.165, 1.54) is 11.3 Å². The highest BCUT2D eigenvalue weighted by molar-refractivity contribution is 5.31. The molecule has 0 fully saturated rings. The van der Waals surface area contributed by atoms with Gasteiger partial charge >= 0.3 is 0 Å². The first-order chi connectivity index (χ1) is 13.3. The number of hydrogen-bond donors (Lipinski definition) is 1. The Morgan fingerprint density at radius 2 is 2.15 bits per heavy atom. The van der Waals surface area contributed by atoms with Crippen LogP contribution in [-0.4, -0.2) is 37.8 Å². The van der Waals surface area contributed by atoms with Gasteiger partial charge in [0, 0.05) is 32.0 Å². The molecule has 7 heteroatoms. The Balaban J connectivity index is 1.37. The maximum absolute atomic E-state index is 5.61. The van der Waals surface area contributed by atoms with Crippen molar-refractivity contribution in [2.75, 3.05) is 18.5 Å². The fourth-order valence-electron chi connectivity index (χ4n) is 3.33. The van der Waals surface area contributed by atoms with E-state index in [9.17, 15) is 0 Å². The summed E-state index contributed by atoms with van der Waals surface area (Å²) in [4.78, 5) is 10.7. The van der Waals surface area contributed by atoms with Gasteiger partial charge in [-0.25, -0.2) is 4.98 Å². The summed E-state index contributed by atoms with van der Waals surface area (Å²) in [7, 11) is 0. The lowest BCUT2D eigenvalue weighted by Crippen LogP contribution is -2.33. The molecule has 4 rings (SSSR count). The van der Waals surface area contributed by atoms with E-state index in [0.29, 0.717) is 13.2 Å². The summed E-state index contributed by atoms with van der Waals surface area (Å²) in [6.07, 6.45) is 5.06. The Kier molecular flexibility index (Phi) is 5.29. The average Bonchev–Trinajstić information content (AvgIpc) is 3.10. The molecule has 27 heavy (non-hydrogen) atoms. The second-order valence-corrected chi connectivity index (χ2v) is 6.59. The molecule has 0 atom stereocenters. The second kappa shape index (κ2) is 8.18. The van der Waals surface area contributed by atoms with Crippen molar-refractivity contribution in [3.8, 4) is 5.75 Å². The number of fused-ring (bicyclic) bond motifs is 1. The molecule has 1 aromatic carbocycles. The van der Waals surface area contributed by atoms with Gasteiger partial charge in [0.15, 0.2) is 0 Å². The predicted molar refractivity (Wildman–Crippen MR) is 103 cm³/mol. The molecule has 1 aliphatic rings. The van der Waals surface area contributed by atoms with Gasteiger partial charge in [-0.3, -0.25) is 14.6 Å². The number of hydrogen-bond acceptors (Lipinski definition) is 6. The Labute approximate surface area is 159 Å². The van der Waals surface area contributed by atoms with Crippen molar-refractivity contribution in [2.24, 2.45) is 0 Å². The van der Waals surface area contributed by atoms with Crippen molar-refractivity contribution in [3.63, 3.8) is 0 Å². The van der Waals surface area contributed by atoms with Crippen LogP contribution in [0.15, 0.2) is 48.9 Å². The zero-order chi connectivity index (χ0) is 18.5.